The van der Waals surface area contributed by atoms with E-state index in [-0.39, 0.29) is 38.2 Å². The van der Waals surface area contributed by atoms with Crippen LogP contribution in [0.5, 0.6) is 0 Å². The smallest absolute Gasteiger partial charge is 0.399 e. The number of anilines is 2. The molecular weight excluding hydrogens is 679 g/mol. The van der Waals surface area contributed by atoms with Crippen LogP contribution in [0.15, 0.2) is 85.2 Å². The Hall–Kier alpha value is -3.73. The number of aromatic nitrogens is 2. The van der Waals surface area contributed by atoms with Crippen LogP contribution in [0.4, 0.5) is 11.4 Å². The molecule has 0 saturated heterocycles. The van der Waals surface area contributed by atoms with Crippen LogP contribution in [-0.4, -0.2) is 31.0 Å². The van der Waals surface area contributed by atoms with Crippen molar-refractivity contribution in [3.63, 3.8) is 0 Å². The minimum absolute atomic E-state index is 0. The van der Waals surface area contributed by atoms with Crippen LogP contribution in [0.25, 0.3) is 22.5 Å². The zero-order valence-corrected chi connectivity index (χ0v) is 26.2. The van der Waals surface area contributed by atoms with Gasteiger partial charge in [0.25, 0.3) is 0 Å². The third-order valence-corrected chi connectivity index (χ3v) is 7.18. The zero-order chi connectivity index (χ0) is 33.4. The second-order valence-corrected chi connectivity index (χ2v) is 10.1. The van der Waals surface area contributed by atoms with Gasteiger partial charge in [-0.3, -0.25) is 0 Å². The number of benzene rings is 3. The van der Waals surface area contributed by atoms with Crippen molar-refractivity contribution < 1.29 is 28.3 Å². The zero-order valence-electron chi connectivity index (χ0n) is 29.8. The molecule has 0 aliphatic carbocycles. The van der Waals surface area contributed by atoms with Crippen LogP contribution in [0.1, 0.15) is 36.0 Å². The molecule has 0 atom stereocenters. The maximum absolute atomic E-state index is 7.28. The Morgan fingerprint density at radius 2 is 1.54 bits per heavy atom. The molecule has 3 aromatic carbocycles. The van der Waals surface area contributed by atoms with E-state index in [1.165, 1.54) is 57.9 Å². The van der Waals surface area contributed by atoms with Gasteiger partial charge in [0, 0.05) is 57.8 Å². The number of aryl methyl sites for hydroxylation is 5. The average molecular weight is 721 g/mol. The molecule has 1 aliphatic rings. The molecule has 0 bridgehead atoms. The standard InChI is InChI=1S/C22H23BN3.C13H12N.Ir/c1-15-13-16(2)20(17(3)14-15)23-25(4)19-11-12-24-21(22(19)26(23)5)18-9-7-6-8-10-18;1-10-3-6-12(7-4-10)13-8-5-11(2)9-14-13;/h6-9,11-14H,1-5H3;3-6,8-9H,1-2H3;/q2*-1;/i;1D3,2D3;. The van der Waals surface area contributed by atoms with E-state index in [0.29, 0.717) is 11.3 Å². The minimum Gasteiger partial charge on any atom is -0.399 e. The summed E-state index contributed by atoms with van der Waals surface area (Å²) in [6.07, 6.45) is 3.20. The van der Waals surface area contributed by atoms with Gasteiger partial charge >= 0.3 is 6.98 Å². The van der Waals surface area contributed by atoms with Gasteiger partial charge < -0.3 is 19.6 Å². The van der Waals surface area contributed by atoms with Gasteiger partial charge in [0.05, 0.1) is 0 Å². The SMILES string of the molecule is Cc1cc(C)c(B2N(C)c3ccnc(-c4[c-]cccc4)c3N2C)c(C)c1.[2H]C([2H])([2H])c1c[c-]c(-c2ccc(C([2H])([2H])[2H])cn2)cc1.[Ir]. The molecule has 4 nitrogen and oxygen atoms in total. The minimum atomic E-state index is -2.18. The maximum atomic E-state index is 7.28. The molecule has 1 aliphatic heterocycles. The van der Waals surface area contributed by atoms with Crippen molar-refractivity contribution in [2.75, 3.05) is 23.7 Å². The number of hydrogen-bond acceptors (Lipinski definition) is 4. The fraction of sp³-hybridized carbons (Fsp3) is 0.200. The Labute approximate surface area is 267 Å². The Balaban J connectivity index is 0.000000216. The van der Waals surface area contributed by atoms with E-state index in [9.17, 15) is 0 Å². The number of hydrogen-bond donors (Lipinski definition) is 0. The van der Waals surface area contributed by atoms with Crippen LogP contribution >= 0.6 is 0 Å². The van der Waals surface area contributed by atoms with E-state index >= 15 is 0 Å². The molecule has 0 unspecified atom stereocenters. The van der Waals surface area contributed by atoms with Crippen molar-refractivity contribution in [1.82, 2.24) is 9.97 Å². The van der Waals surface area contributed by atoms with Crippen molar-refractivity contribution in [3.8, 4) is 22.5 Å². The largest absolute Gasteiger partial charge is 0.410 e. The number of rotatable bonds is 3. The van der Waals surface area contributed by atoms with Crippen LogP contribution < -0.4 is 15.1 Å². The first-order chi connectivity index (χ1) is 21.7. The van der Waals surface area contributed by atoms with E-state index in [1.807, 2.05) is 24.4 Å². The van der Waals surface area contributed by atoms with Crippen molar-refractivity contribution in [1.29, 1.82) is 0 Å². The molecule has 3 heterocycles. The molecule has 209 valence electrons. The first-order valence-corrected chi connectivity index (χ1v) is 13.2. The molecule has 6 heteroatoms. The number of fused-ring (bicyclic) bond motifs is 1. The van der Waals surface area contributed by atoms with Gasteiger partial charge in [0.1, 0.15) is 0 Å². The first kappa shape index (κ1) is 22.9. The number of nitrogens with zero attached hydrogens (tertiary/aromatic N) is 4. The second-order valence-electron chi connectivity index (χ2n) is 10.1. The third-order valence-electron chi connectivity index (χ3n) is 7.18. The molecule has 1 radical (unpaired) electrons. The number of pyridine rings is 2. The molecule has 0 fully saturated rings. The van der Waals surface area contributed by atoms with E-state index in [0.717, 1.165) is 11.3 Å². The van der Waals surface area contributed by atoms with Crippen molar-refractivity contribution in [2.45, 2.75) is 34.5 Å². The average Bonchev–Trinajstić information content (AvgIpc) is 3.26. The van der Waals surface area contributed by atoms with Crippen molar-refractivity contribution in [2.24, 2.45) is 0 Å². The van der Waals surface area contributed by atoms with Gasteiger partial charge in [-0.2, -0.15) is 0 Å². The van der Waals surface area contributed by atoms with E-state index in [1.54, 1.807) is 12.1 Å². The van der Waals surface area contributed by atoms with Gasteiger partial charge in [-0.05, 0) is 64.5 Å². The Bertz CT molecular complexity index is 1750. The van der Waals surface area contributed by atoms with Crippen molar-refractivity contribution in [3.05, 3.63) is 125 Å². The van der Waals surface area contributed by atoms with Crippen LogP contribution in [0, 0.1) is 46.6 Å². The third kappa shape index (κ3) is 6.30. The molecular formula is C35H35BIrN4-2. The maximum Gasteiger partial charge on any atom is 0.410 e. The summed E-state index contributed by atoms with van der Waals surface area (Å²) in [7, 11) is 4.34. The summed E-state index contributed by atoms with van der Waals surface area (Å²) >= 11 is 0. The summed E-state index contributed by atoms with van der Waals surface area (Å²) in [5, 5.41) is 0. The summed E-state index contributed by atoms with van der Waals surface area (Å²) in [5.41, 5.74) is 11.3. The Kier molecular flexibility index (Phi) is 7.18. The summed E-state index contributed by atoms with van der Waals surface area (Å²) < 4.78 is 43.6. The normalized spacial score (nSPS) is 14.7. The fourth-order valence-corrected chi connectivity index (χ4v) is 5.45. The molecule has 5 aromatic rings. The fourth-order valence-electron chi connectivity index (χ4n) is 5.45. The predicted octanol–water partition coefficient (Wildman–Crippen LogP) is 6.92. The Morgan fingerprint density at radius 3 is 2.15 bits per heavy atom. The van der Waals surface area contributed by atoms with E-state index < -0.39 is 13.7 Å². The Morgan fingerprint density at radius 1 is 0.780 bits per heavy atom. The van der Waals surface area contributed by atoms with E-state index in [4.69, 9.17) is 13.2 Å². The monoisotopic (exact) mass is 721 g/mol. The topological polar surface area (TPSA) is 32.3 Å². The molecule has 0 amide bonds. The summed E-state index contributed by atoms with van der Waals surface area (Å²) in [5.74, 6) is 0. The van der Waals surface area contributed by atoms with Gasteiger partial charge in [-0.1, -0.05) is 47.8 Å². The summed E-state index contributed by atoms with van der Waals surface area (Å²) in [4.78, 5) is 13.5. The molecule has 0 saturated carbocycles. The quantitative estimate of drug-likeness (QED) is 0.150. The summed E-state index contributed by atoms with van der Waals surface area (Å²) in [6.45, 7) is 2.41. The molecule has 6 rings (SSSR count). The molecule has 41 heavy (non-hydrogen) atoms. The van der Waals surface area contributed by atoms with Gasteiger partial charge in [0.15, 0.2) is 0 Å². The van der Waals surface area contributed by atoms with Crippen LogP contribution in [0.3, 0.4) is 0 Å². The second kappa shape index (κ2) is 12.8. The molecule has 0 spiro atoms. The van der Waals surface area contributed by atoms with E-state index in [2.05, 4.69) is 85.9 Å². The van der Waals surface area contributed by atoms with Crippen LogP contribution in [-0.2, 0) is 20.1 Å². The predicted molar refractivity (Wildman–Crippen MR) is 169 cm³/mol. The van der Waals surface area contributed by atoms with Crippen molar-refractivity contribution >= 4 is 23.8 Å². The molecule has 0 N–H and O–H groups in total. The van der Waals surface area contributed by atoms with Gasteiger partial charge in [0.2, 0.25) is 0 Å². The summed E-state index contributed by atoms with van der Waals surface area (Å²) in [6, 6.07) is 28.5. The van der Waals surface area contributed by atoms with Gasteiger partial charge in [-0.15, -0.1) is 71.3 Å². The van der Waals surface area contributed by atoms with Gasteiger partial charge in [-0.25, -0.2) is 0 Å². The first-order valence-electron chi connectivity index (χ1n) is 16.2. The van der Waals surface area contributed by atoms with Crippen LogP contribution in [0.2, 0.25) is 0 Å². The molecule has 2 aromatic heterocycles.